The molecule has 0 aliphatic carbocycles. The van der Waals surface area contributed by atoms with Crippen LogP contribution < -0.4 is 10.2 Å². The summed E-state index contributed by atoms with van der Waals surface area (Å²) in [6, 6.07) is 14.6. The van der Waals surface area contributed by atoms with Crippen molar-refractivity contribution in [3.05, 3.63) is 65.2 Å². The highest BCUT2D eigenvalue weighted by molar-refractivity contribution is 5.89. The lowest BCUT2D eigenvalue weighted by Gasteiger charge is -2.09. The molecule has 196 valence electrons. The lowest BCUT2D eigenvalue weighted by atomic mass is 10.1. The first-order valence-electron chi connectivity index (χ1n) is 13.3. The number of ether oxygens (including phenoxy) is 2. The Hall–Kier alpha value is -3.15. The summed E-state index contributed by atoms with van der Waals surface area (Å²) in [5.74, 6) is 0.235. The molecular weight excluding hydrogens is 452 g/mol. The van der Waals surface area contributed by atoms with Crippen molar-refractivity contribution in [2.24, 2.45) is 5.10 Å². The number of methoxy groups -OCH3 is 1. The molecule has 0 heterocycles. The van der Waals surface area contributed by atoms with Gasteiger partial charge in [0.2, 0.25) is 5.91 Å². The molecule has 0 saturated carbocycles. The molecule has 0 atom stereocenters. The lowest BCUT2D eigenvalue weighted by Crippen LogP contribution is -2.17. The summed E-state index contributed by atoms with van der Waals surface area (Å²) in [7, 11) is 1.36. The van der Waals surface area contributed by atoms with Gasteiger partial charge in [0, 0.05) is 12.0 Å². The quantitative estimate of drug-likeness (QED) is 0.103. The Bertz CT molecular complexity index is 925. The number of amides is 1. The van der Waals surface area contributed by atoms with E-state index in [0.717, 1.165) is 24.0 Å². The number of hydrogen-bond donors (Lipinski definition) is 1. The maximum Gasteiger partial charge on any atom is 0.337 e. The molecule has 1 amide bonds. The molecule has 0 bridgehead atoms. The molecular formula is C30H42N2O4. The molecule has 2 rings (SSSR count). The molecule has 0 unspecified atom stereocenters. The Labute approximate surface area is 216 Å². The Kier molecular flexibility index (Phi) is 14.7. The van der Waals surface area contributed by atoms with Crippen LogP contribution in [0.3, 0.4) is 0 Å². The van der Waals surface area contributed by atoms with E-state index in [4.69, 9.17) is 9.47 Å². The van der Waals surface area contributed by atoms with Crippen molar-refractivity contribution < 1.29 is 19.1 Å². The molecule has 2 aromatic rings. The number of para-hydroxylation sites is 1. The van der Waals surface area contributed by atoms with E-state index >= 15 is 0 Å². The van der Waals surface area contributed by atoms with Crippen molar-refractivity contribution in [3.8, 4) is 5.75 Å². The Balaban J connectivity index is 1.64. The van der Waals surface area contributed by atoms with Crippen molar-refractivity contribution in [2.45, 2.75) is 90.6 Å². The van der Waals surface area contributed by atoms with Crippen LogP contribution in [-0.4, -0.2) is 25.2 Å². The monoisotopic (exact) mass is 494 g/mol. The van der Waals surface area contributed by atoms with Crippen molar-refractivity contribution >= 4 is 18.1 Å². The first-order chi connectivity index (χ1) is 17.6. The number of carbonyl (C=O) groups excluding carboxylic acids is 2. The van der Waals surface area contributed by atoms with Crippen LogP contribution in [0.4, 0.5) is 0 Å². The van der Waals surface area contributed by atoms with Gasteiger partial charge in [-0.25, -0.2) is 10.2 Å². The maximum absolute atomic E-state index is 12.1. The minimum absolute atomic E-state index is 0.0636. The average Bonchev–Trinajstić information content (AvgIpc) is 2.91. The van der Waals surface area contributed by atoms with Crippen LogP contribution in [0, 0.1) is 0 Å². The van der Waals surface area contributed by atoms with Gasteiger partial charge in [-0.1, -0.05) is 95.4 Å². The molecule has 0 spiro atoms. The topological polar surface area (TPSA) is 77.0 Å². The van der Waals surface area contributed by atoms with Crippen molar-refractivity contribution in [1.29, 1.82) is 0 Å². The normalized spacial score (nSPS) is 10.9. The van der Waals surface area contributed by atoms with Gasteiger partial charge in [0.25, 0.3) is 0 Å². The largest absolute Gasteiger partial charge is 0.488 e. The van der Waals surface area contributed by atoms with E-state index < -0.39 is 0 Å². The zero-order valence-electron chi connectivity index (χ0n) is 22.0. The number of unbranched alkanes of at least 4 members (excludes halogenated alkanes) is 10. The fraction of sp³-hybridized carbons (Fsp3) is 0.500. The summed E-state index contributed by atoms with van der Waals surface area (Å²) in [5.41, 5.74) is 4.82. The summed E-state index contributed by atoms with van der Waals surface area (Å²) in [6.45, 7) is 2.60. The first kappa shape index (κ1) is 29.1. The van der Waals surface area contributed by atoms with Gasteiger partial charge < -0.3 is 9.47 Å². The lowest BCUT2D eigenvalue weighted by molar-refractivity contribution is -0.121. The highest BCUT2D eigenvalue weighted by Crippen LogP contribution is 2.18. The Morgan fingerprint density at radius 1 is 0.833 bits per heavy atom. The van der Waals surface area contributed by atoms with Crippen LogP contribution in [-0.2, 0) is 16.1 Å². The SMILES string of the molecule is CCCCCCCCCCCCCC(=O)N/N=C\c1ccccc1OCc1ccc(C(=O)OC)cc1. The van der Waals surface area contributed by atoms with Gasteiger partial charge in [-0.2, -0.15) is 5.10 Å². The molecule has 6 nitrogen and oxygen atoms in total. The van der Waals surface area contributed by atoms with Gasteiger partial charge in [0.1, 0.15) is 12.4 Å². The predicted molar refractivity (Wildman–Crippen MR) is 145 cm³/mol. The van der Waals surface area contributed by atoms with E-state index in [-0.39, 0.29) is 11.9 Å². The smallest absolute Gasteiger partial charge is 0.337 e. The van der Waals surface area contributed by atoms with Crippen LogP contribution in [0.5, 0.6) is 5.75 Å². The van der Waals surface area contributed by atoms with Gasteiger partial charge in [0.05, 0.1) is 18.9 Å². The second-order valence-corrected chi connectivity index (χ2v) is 9.09. The number of hydrazone groups is 1. The van der Waals surface area contributed by atoms with Gasteiger partial charge in [-0.15, -0.1) is 0 Å². The van der Waals surface area contributed by atoms with Crippen LogP contribution in [0.1, 0.15) is 105 Å². The minimum Gasteiger partial charge on any atom is -0.488 e. The molecule has 0 aromatic heterocycles. The number of nitrogens with one attached hydrogen (secondary N) is 1. The Morgan fingerprint density at radius 2 is 1.44 bits per heavy atom. The van der Waals surface area contributed by atoms with E-state index in [1.165, 1.54) is 64.9 Å². The van der Waals surface area contributed by atoms with E-state index in [1.807, 2.05) is 36.4 Å². The number of rotatable bonds is 18. The number of hydrogen-bond acceptors (Lipinski definition) is 5. The molecule has 6 heteroatoms. The predicted octanol–water partition coefficient (Wildman–Crippen LogP) is 7.20. The summed E-state index contributed by atoms with van der Waals surface area (Å²) >= 11 is 0. The third-order valence-electron chi connectivity index (χ3n) is 6.09. The van der Waals surface area contributed by atoms with Crippen LogP contribution in [0.15, 0.2) is 53.6 Å². The second-order valence-electron chi connectivity index (χ2n) is 9.09. The second kappa shape index (κ2) is 18.2. The zero-order valence-corrected chi connectivity index (χ0v) is 22.0. The molecule has 0 fully saturated rings. The number of nitrogens with zero attached hydrogens (tertiary/aromatic N) is 1. The fourth-order valence-electron chi connectivity index (χ4n) is 3.91. The molecule has 0 aliphatic rings. The van der Waals surface area contributed by atoms with Gasteiger partial charge >= 0.3 is 5.97 Å². The number of carbonyl (C=O) groups is 2. The van der Waals surface area contributed by atoms with Gasteiger partial charge in [0.15, 0.2) is 0 Å². The highest BCUT2D eigenvalue weighted by Gasteiger charge is 2.06. The molecule has 0 aliphatic heterocycles. The Morgan fingerprint density at radius 3 is 2.08 bits per heavy atom. The van der Waals surface area contributed by atoms with Gasteiger partial charge in [-0.3, -0.25) is 4.79 Å². The standard InChI is InChI=1S/C30H42N2O4/c1-3-4-5-6-7-8-9-10-11-12-13-18-29(33)32-31-23-27-16-14-15-17-28(27)36-24-25-19-21-26(22-20-25)30(34)35-2/h14-17,19-23H,3-13,18,24H2,1-2H3,(H,32,33)/b31-23-. The molecule has 2 aromatic carbocycles. The molecule has 1 N–H and O–H groups in total. The first-order valence-corrected chi connectivity index (χ1v) is 13.3. The number of benzene rings is 2. The molecule has 0 saturated heterocycles. The van der Waals surface area contributed by atoms with Crippen LogP contribution in [0.25, 0.3) is 0 Å². The molecule has 0 radical (unpaired) electrons. The van der Waals surface area contributed by atoms with E-state index in [0.29, 0.717) is 24.3 Å². The average molecular weight is 495 g/mol. The van der Waals surface area contributed by atoms with Crippen LogP contribution >= 0.6 is 0 Å². The summed E-state index contributed by atoms with van der Waals surface area (Å²) < 4.78 is 10.6. The summed E-state index contributed by atoms with van der Waals surface area (Å²) in [5, 5.41) is 4.11. The maximum atomic E-state index is 12.1. The molecule has 36 heavy (non-hydrogen) atoms. The summed E-state index contributed by atoms with van der Waals surface area (Å²) in [6.07, 6.45) is 16.0. The van der Waals surface area contributed by atoms with E-state index in [2.05, 4.69) is 17.5 Å². The van der Waals surface area contributed by atoms with E-state index in [9.17, 15) is 9.59 Å². The third-order valence-corrected chi connectivity index (χ3v) is 6.09. The minimum atomic E-state index is -0.366. The van der Waals surface area contributed by atoms with Crippen LogP contribution in [0.2, 0.25) is 0 Å². The van der Waals surface area contributed by atoms with Crippen molar-refractivity contribution in [3.63, 3.8) is 0 Å². The van der Waals surface area contributed by atoms with Crippen molar-refractivity contribution in [2.75, 3.05) is 7.11 Å². The van der Waals surface area contributed by atoms with Gasteiger partial charge in [-0.05, 0) is 36.2 Å². The third kappa shape index (κ3) is 12.0. The van der Waals surface area contributed by atoms with E-state index in [1.54, 1.807) is 18.3 Å². The summed E-state index contributed by atoms with van der Waals surface area (Å²) in [4.78, 5) is 23.7. The van der Waals surface area contributed by atoms with Crippen molar-refractivity contribution in [1.82, 2.24) is 5.43 Å². The zero-order chi connectivity index (χ0) is 25.8. The highest BCUT2D eigenvalue weighted by atomic mass is 16.5. The fourth-order valence-corrected chi connectivity index (χ4v) is 3.91. The number of esters is 1.